The summed E-state index contributed by atoms with van der Waals surface area (Å²) < 4.78 is 12.2. The predicted octanol–water partition coefficient (Wildman–Crippen LogP) is 12.8. The molecule has 4 aliphatic rings. The van der Waals surface area contributed by atoms with Crippen LogP contribution in [0.25, 0.3) is 0 Å². The fourth-order valence-electron chi connectivity index (χ4n) is 11.5. The third kappa shape index (κ3) is 8.63. The Hall–Kier alpha value is -1.51. The fraction of sp³-hybridized carbons (Fsp3) is 0.841. The van der Waals surface area contributed by atoms with Crippen molar-refractivity contribution >= 4 is 5.97 Å². The van der Waals surface area contributed by atoms with Crippen molar-refractivity contribution in [2.24, 2.45) is 46.3 Å². The first-order valence-electron chi connectivity index (χ1n) is 20.5. The molecule has 3 saturated carbocycles. The van der Waals surface area contributed by atoms with E-state index in [9.17, 15) is 4.79 Å². The molecule has 3 nitrogen and oxygen atoms in total. The maximum absolute atomic E-state index is 12.8. The van der Waals surface area contributed by atoms with Crippen molar-refractivity contribution in [1.29, 1.82) is 0 Å². The molecule has 0 aliphatic heterocycles. The maximum Gasteiger partial charge on any atom is 0.306 e. The number of fused-ring (bicyclic) bond motifs is 5. The third-order valence-corrected chi connectivity index (χ3v) is 14.2. The number of hydrogen-bond donors (Lipinski definition) is 0. The van der Waals surface area contributed by atoms with Crippen molar-refractivity contribution in [2.45, 2.75) is 189 Å². The van der Waals surface area contributed by atoms with Crippen LogP contribution < -0.4 is 0 Å². The van der Waals surface area contributed by atoms with E-state index in [1.54, 1.807) is 5.57 Å². The van der Waals surface area contributed by atoms with Crippen LogP contribution in [0.5, 0.6) is 0 Å². The molecule has 5 rings (SSSR count). The first kappa shape index (κ1) is 36.8. The van der Waals surface area contributed by atoms with Gasteiger partial charge in [0.15, 0.2) is 0 Å². The zero-order valence-corrected chi connectivity index (χ0v) is 31.8. The van der Waals surface area contributed by atoms with Gasteiger partial charge in [0.25, 0.3) is 0 Å². The van der Waals surface area contributed by atoms with E-state index in [4.69, 9.17) is 9.15 Å². The molecule has 0 spiro atoms. The standard InChI is InChI=1S/C44H72O3/c1-8-16-35-29-33(5)41(46-35)19-13-11-9-10-12-14-20-42(45)47-36-25-27-43(6)34(30-36)21-22-37-39-24-23-38(32(4)18-15-17-31(2)3)44(39,7)28-26-40(37)43/h21,29,31-32,36-40H,8-20,22-28,30H2,1-7H3. The van der Waals surface area contributed by atoms with Crippen LogP contribution in [0, 0.1) is 53.3 Å². The summed E-state index contributed by atoms with van der Waals surface area (Å²) in [5.74, 6) is 7.59. The Bertz CT molecular complexity index is 1170. The number of hydrogen-bond acceptors (Lipinski definition) is 3. The second kappa shape index (κ2) is 16.5. The highest BCUT2D eigenvalue weighted by atomic mass is 16.5. The summed E-state index contributed by atoms with van der Waals surface area (Å²) >= 11 is 0. The summed E-state index contributed by atoms with van der Waals surface area (Å²) in [4.78, 5) is 12.8. The Morgan fingerprint density at radius 1 is 0.915 bits per heavy atom. The van der Waals surface area contributed by atoms with Crippen LogP contribution >= 0.6 is 0 Å². The summed E-state index contributed by atoms with van der Waals surface area (Å²) in [5, 5.41) is 0. The van der Waals surface area contributed by atoms with E-state index in [-0.39, 0.29) is 12.1 Å². The quantitative estimate of drug-likeness (QED) is 0.0958. The minimum atomic E-state index is 0.0389. The second-order valence-corrected chi connectivity index (χ2v) is 17.8. The van der Waals surface area contributed by atoms with Crippen molar-refractivity contribution < 1.29 is 13.9 Å². The molecule has 3 fully saturated rings. The number of carbonyl (C=O) groups excluding carboxylic acids is 1. The lowest BCUT2D eigenvalue weighted by Crippen LogP contribution is -2.51. The van der Waals surface area contributed by atoms with Crippen LogP contribution in [0.1, 0.15) is 181 Å². The highest BCUT2D eigenvalue weighted by molar-refractivity contribution is 5.69. The molecule has 8 unspecified atom stereocenters. The van der Waals surface area contributed by atoms with Crippen LogP contribution in [-0.4, -0.2) is 12.1 Å². The molecule has 1 aromatic heterocycles. The number of unbranched alkanes of at least 4 members (excludes halogenated alkanes) is 5. The van der Waals surface area contributed by atoms with E-state index in [1.807, 2.05) is 0 Å². The van der Waals surface area contributed by atoms with Crippen LogP contribution in [0.15, 0.2) is 22.1 Å². The number of carbonyl (C=O) groups is 1. The summed E-state index contributed by atoms with van der Waals surface area (Å²) in [7, 11) is 0. The molecular weight excluding hydrogens is 576 g/mol. The van der Waals surface area contributed by atoms with Gasteiger partial charge in [0.2, 0.25) is 0 Å². The molecule has 47 heavy (non-hydrogen) atoms. The van der Waals surface area contributed by atoms with E-state index in [0.29, 0.717) is 17.3 Å². The van der Waals surface area contributed by atoms with Crippen molar-refractivity contribution in [1.82, 2.24) is 0 Å². The van der Waals surface area contributed by atoms with Gasteiger partial charge in [-0.2, -0.15) is 0 Å². The Morgan fingerprint density at radius 3 is 2.45 bits per heavy atom. The molecule has 0 N–H and O–H groups in total. The van der Waals surface area contributed by atoms with Crippen molar-refractivity contribution in [3.8, 4) is 0 Å². The number of furan rings is 1. The van der Waals surface area contributed by atoms with Crippen LogP contribution in [0.4, 0.5) is 0 Å². The predicted molar refractivity (Wildman–Crippen MR) is 196 cm³/mol. The fourth-order valence-corrected chi connectivity index (χ4v) is 11.5. The molecule has 1 aromatic rings. The zero-order valence-electron chi connectivity index (χ0n) is 31.8. The van der Waals surface area contributed by atoms with Crippen molar-refractivity contribution in [2.75, 3.05) is 0 Å². The Morgan fingerprint density at radius 2 is 1.68 bits per heavy atom. The molecule has 0 aromatic carbocycles. The second-order valence-electron chi connectivity index (χ2n) is 17.8. The zero-order chi connectivity index (χ0) is 33.6. The van der Waals surface area contributed by atoms with Gasteiger partial charge in [-0.3, -0.25) is 4.79 Å². The van der Waals surface area contributed by atoms with Gasteiger partial charge in [-0.15, -0.1) is 0 Å². The van der Waals surface area contributed by atoms with Crippen LogP contribution in [0.3, 0.4) is 0 Å². The topological polar surface area (TPSA) is 39.4 Å². The molecule has 4 aliphatic carbocycles. The Labute approximate surface area is 289 Å². The summed E-state index contributed by atoms with van der Waals surface area (Å²) in [6.07, 6.45) is 28.0. The van der Waals surface area contributed by atoms with E-state index in [0.717, 1.165) is 86.2 Å². The molecule has 0 radical (unpaired) electrons. The van der Waals surface area contributed by atoms with E-state index < -0.39 is 0 Å². The average Bonchev–Trinajstić information content (AvgIpc) is 3.57. The molecule has 0 saturated heterocycles. The summed E-state index contributed by atoms with van der Waals surface area (Å²) in [5.41, 5.74) is 3.82. The number of aryl methyl sites for hydroxylation is 3. The molecular formula is C44H72O3. The van der Waals surface area contributed by atoms with Gasteiger partial charge in [-0.05, 0) is 129 Å². The number of esters is 1. The normalized spacial score (nSPS) is 32.4. The average molecular weight is 649 g/mol. The Kier molecular flexibility index (Phi) is 12.9. The minimum absolute atomic E-state index is 0.0389. The largest absolute Gasteiger partial charge is 0.466 e. The molecule has 0 amide bonds. The highest BCUT2D eigenvalue weighted by Gasteiger charge is 2.59. The lowest BCUT2D eigenvalue weighted by Gasteiger charge is -2.58. The Balaban J connectivity index is 1.01. The third-order valence-electron chi connectivity index (χ3n) is 14.2. The van der Waals surface area contributed by atoms with E-state index in [1.165, 1.54) is 94.8 Å². The lowest BCUT2D eigenvalue weighted by atomic mass is 9.47. The molecule has 0 bridgehead atoms. The van der Waals surface area contributed by atoms with Gasteiger partial charge in [0.05, 0.1) is 0 Å². The van der Waals surface area contributed by atoms with Gasteiger partial charge in [-0.1, -0.05) is 98.1 Å². The number of ether oxygens (including phenoxy) is 1. The highest BCUT2D eigenvalue weighted by Crippen LogP contribution is 2.67. The maximum atomic E-state index is 12.8. The summed E-state index contributed by atoms with van der Waals surface area (Å²) in [6.45, 7) is 17.0. The first-order chi connectivity index (χ1) is 22.5. The minimum Gasteiger partial charge on any atom is -0.466 e. The number of allylic oxidation sites excluding steroid dienone is 1. The van der Waals surface area contributed by atoms with Gasteiger partial charge in [-0.25, -0.2) is 0 Å². The van der Waals surface area contributed by atoms with Gasteiger partial charge < -0.3 is 9.15 Å². The van der Waals surface area contributed by atoms with Gasteiger partial charge >= 0.3 is 5.97 Å². The van der Waals surface area contributed by atoms with Crippen molar-refractivity contribution in [3.05, 3.63) is 34.8 Å². The van der Waals surface area contributed by atoms with E-state index >= 15 is 0 Å². The molecule has 8 atom stereocenters. The molecule has 3 heteroatoms. The van der Waals surface area contributed by atoms with E-state index in [2.05, 4.69) is 60.6 Å². The summed E-state index contributed by atoms with van der Waals surface area (Å²) in [6, 6.07) is 2.22. The first-order valence-corrected chi connectivity index (χ1v) is 20.5. The number of rotatable bonds is 17. The SMILES string of the molecule is CCCc1cc(C)c(CCCCCCCCC(=O)OC2CCC3(C)C(=CCC4C3CCC3(C)C(C(C)CCCC(C)C)CCC43)C2)o1. The van der Waals surface area contributed by atoms with Crippen LogP contribution in [-0.2, 0) is 22.4 Å². The lowest BCUT2D eigenvalue weighted by molar-refractivity contribution is -0.151. The van der Waals surface area contributed by atoms with Crippen LogP contribution in [0.2, 0.25) is 0 Å². The smallest absolute Gasteiger partial charge is 0.306 e. The molecule has 266 valence electrons. The molecule has 1 heterocycles. The van der Waals surface area contributed by atoms with Gasteiger partial charge in [0, 0.05) is 25.7 Å². The van der Waals surface area contributed by atoms with Crippen molar-refractivity contribution in [3.63, 3.8) is 0 Å². The van der Waals surface area contributed by atoms with Gasteiger partial charge in [0.1, 0.15) is 17.6 Å². The monoisotopic (exact) mass is 649 g/mol.